The molecule has 0 bridgehead atoms. The van der Waals surface area contributed by atoms with E-state index in [0.29, 0.717) is 30.2 Å². The van der Waals surface area contributed by atoms with Crippen molar-refractivity contribution >= 4 is 22.8 Å². The number of nitrogens with two attached hydrogens (primary N) is 1. The number of carbonyl (C=O) groups is 1. The average molecular weight is 601 g/mol. The Morgan fingerprint density at radius 1 is 1.00 bits per heavy atom. The Hall–Kier alpha value is -4.80. The van der Waals surface area contributed by atoms with E-state index < -0.39 is 66.1 Å². The van der Waals surface area contributed by atoms with Gasteiger partial charge in [0.2, 0.25) is 12.0 Å². The molecule has 2 aromatic heterocycles. The van der Waals surface area contributed by atoms with Gasteiger partial charge in [0.25, 0.3) is 0 Å². The maximum Gasteiger partial charge on any atom is 0.335 e. The van der Waals surface area contributed by atoms with Crippen molar-refractivity contribution in [2.24, 2.45) is 0 Å². The van der Waals surface area contributed by atoms with Crippen molar-refractivity contribution < 1.29 is 58.8 Å². The van der Waals surface area contributed by atoms with Crippen LogP contribution in [0.25, 0.3) is 22.3 Å². The molecule has 0 amide bonds. The van der Waals surface area contributed by atoms with Gasteiger partial charge < -0.3 is 64.7 Å². The lowest BCUT2D eigenvalue weighted by molar-refractivity contribution is -0.271. The Labute approximate surface area is 241 Å². The van der Waals surface area contributed by atoms with Gasteiger partial charge in [0.05, 0.1) is 6.61 Å². The number of hydrogen-bond acceptors (Lipinski definition) is 13. The molecule has 5 rings (SSSR count). The number of phenols is 1. The van der Waals surface area contributed by atoms with Crippen LogP contribution in [0.3, 0.4) is 0 Å². The summed E-state index contributed by atoms with van der Waals surface area (Å²) in [4.78, 5) is 27.5. The number of aliphatic carboxylic acids is 1. The minimum atomic E-state index is -1.97. The number of fused-ring (bicyclic) bond motifs is 1. The van der Waals surface area contributed by atoms with Crippen LogP contribution in [0.2, 0.25) is 0 Å². The van der Waals surface area contributed by atoms with E-state index in [2.05, 4.69) is 4.98 Å². The number of nitrogens with one attached hydrogen (secondary N) is 1. The van der Waals surface area contributed by atoms with E-state index in [1.54, 1.807) is 30.3 Å². The first kappa shape index (κ1) is 29.7. The molecule has 3 heterocycles. The van der Waals surface area contributed by atoms with Gasteiger partial charge >= 0.3 is 5.97 Å². The molecule has 5 unspecified atom stereocenters. The second-order valence-electron chi connectivity index (χ2n) is 9.59. The highest BCUT2D eigenvalue weighted by molar-refractivity contribution is 5.89. The monoisotopic (exact) mass is 600 g/mol. The van der Waals surface area contributed by atoms with Gasteiger partial charge in [-0.25, -0.2) is 4.79 Å². The zero-order valence-corrected chi connectivity index (χ0v) is 22.2. The summed E-state index contributed by atoms with van der Waals surface area (Å²) in [6.07, 6.45) is -9.13. The fourth-order valence-electron chi connectivity index (χ4n) is 4.57. The van der Waals surface area contributed by atoms with Gasteiger partial charge in [-0.1, -0.05) is 0 Å². The minimum absolute atomic E-state index is 0.102. The first-order valence-corrected chi connectivity index (χ1v) is 12.9. The number of H-pyrrole nitrogens is 1. The summed E-state index contributed by atoms with van der Waals surface area (Å²) < 4.78 is 27.3. The molecule has 1 aliphatic heterocycles. The van der Waals surface area contributed by atoms with Gasteiger partial charge in [-0.05, 0) is 36.4 Å². The van der Waals surface area contributed by atoms with Gasteiger partial charge in [-0.3, -0.25) is 4.79 Å². The second kappa shape index (κ2) is 12.2. The number of benzene rings is 2. The molecule has 9 N–H and O–H groups in total. The lowest BCUT2D eigenvalue weighted by Gasteiger charge is -2.38. The number of ether oxygens (including phenoxy) is 4. The van der Waals surface area contributed by atoms with Crippen LogP contribution < -0.4 is 25.4 Å². The molecule has 1 fully saturated rings. The molecule has 0 radical (unpaired) electrons. The van der Waals surface area contributed by atoms with Gasteiger partial charge in [0.1, 0.15) is 46.6 Å². The number of aromatic hydroxyl groups is 1. The van der Waals surface area contributed by atoms with Crippen LogP contribution >= 0.6 is 0 Å². The van der Waals surface area contributed by atoms with Crippen LogP contribution in [0.15, 0.2) is 57.7 Å². The highest BCUT2D eigenvalue weighted by Gasteiger charge is 2.48. The van der Waals surface area contributed by atoms with Crippen molar-refractivity contribution in [1.82, 2.24) is 4.98 Å². The first-order valence-electron chi connectivity index (χ1n) is 12.9. The fourth-order valence-corrected chi connectivity index (χ4v) is 4.57. The molecular weight excluding hydrogens is 572 g/mol. The average Bonchev–Trinajstić information content (AvgIpc) is 3.39. The first-order chi connectivity index (χ1) is 20.6. The minimum Gasteiger partial charge on any atom is -0.504 e. The highest BCUT2D eigenvalue weighted by atomic mass is 16.7. The second-order valence-corrected chi connectivity index (χ2v) is 9.59. The third-order valence-electron chi connectivity index (χ3n) is 6.73. The molecule has 228 valence electrons. The van der Waals surface area contributed by atoms with E-state index in [-0.39, 0.29) is 16.7 Å². The third-order valence-corrected chi connectivity index (χ3v) is 6.73. The number of aromatic amines is 1. The molecular formula is C28H28N2O13. The summed E-state index contributed by atoms with van der Waals surface area (Å²) in [5, 5.41) is 59.6. The smallest absolute Gasteiger partial charge is 0.335 e. The maximum absolute atomic E-state index is 13.0. The molecule has 0 aliphatic carbocycles. The van der Waals surface area contributed by atoms with Gasteiger partial charge in [0, 0.05) is 29.8 Å². The molecule has 1 aliphatic rings. The van der Waals surface area contributed by atoms with E-state index in [1.165, 1.54) is 0 Å². The summed E-state index contributed by atoms with van der Waals surface area (Å²) in [5.41, 5.74) is 6.20. The summed E-state index contributed by atoms with van der Waals surface area (Å²) in [6, 6.07) is 12.5. The number of anilines is 1. The van der Waals surface area contributed by atoms with Crippen LogP contribution in [0.1, 0.15) is 5.69 Å². The highest BCUT2D eigenvalue weighted by Crippen LogP contribution is 2.43. The van der Waals surface area contributed by atoms with E-state index in [4.69, 9.17) is 29.1 Å². The van der Waals surface area contributed by atoms with E-state index in [9.17, 15) is 40.2 Å². The lowest BCUT2D eigenvalue weighted by Crippen LogP contribution is -2.61. The number of carboxylic acids is 1. The number of aliphatic hydroxyl groups is 4. The molecule has 0 saturated carbocycles. The predicted octanol–water partition coefficient (Wildman–Crippen LogP) is 0.297. The zero-order valence-electron chi connectivity index (χ0n) is 22.2. The Morgan fingerprint density at radius 3 is 2.40 bits per heavy atom. The molecule has 15 heteroatoms. The normalized spacial score (nSPS) is 21.9. The third kappa shape index (κ3) is 6.06. The van der Waals surface area contributed by atoms with Crippen LogP contribution in [0.4, 0.5) is 5.82 Å². The molecule has 4 aromatic rings. The Kier molecular flexibility index (Phi) is 8.43. The molecule has 43 heavy (non-hydrogen) atoms. The van der Waals surface area contributed by atoms with Crippen molar-refractivity contribution in [3.63, 3.8) is 0 Å². The van der Waals surface area contributed by atoms with Crippen molar-refractivity contribution in [1.29, 1.82) is 0 Å². The number of aliphatic hydroxyl groups excluding tert-OH is 4. The maximum atomic E-state index is 13.0. The lowest BCUT2D eigenvalue weighted by atomic mass is 9.99. The van der Waals surface area contributed by atoms with Crippen LogP contribution in [0.5, 0.6) is 23.0 Å². The summed E-state index contributed by atoms with van der Waals surface area (Å²) in [7, 11) is 0. The number of aromatic nitrogens is 1. The van der Waals surface area contributed by atoms with E-state index in [1.807, 2.05) is 6.07 Å². The van der Waals surface area contributed by atoms with E-state index in [0.717, 1.165) is 17.8 Å². The Morgan fingerprint density at radius 2 is 1.74 bits per heavy atom. The standard InChI is InChI=1S/C28H28N2O13/c29-19-6-3-13(30-19)7-8-39-14-4-1-12(2-5-14)16-9-15(32)20-17(41-16)10-18(25(21(20)33)40-11-31)42-28-24(36)22(34)23(35)26(43-28)27(37)38/h1-6,9-10,22-24,26,28,30-31,33-36H,7-8,11,29H2,(H,37,38). The summed E-state index contributed by atoms with van der Waals surface area (Å²) in [6.45, 7) is -0.591. The Balaban J connectivity index is 1.43. The summed E-state index contributed by atoms with van der Waals surface area (Å²) >= 11 is 0. The number of rotatable bonds is 10. The SMILES string of the molecule is Nc1ccc(CCOc2ccc(-c3cc(=O)c4c(O)c(OCO)c(OC5OC(C(=O)O)C(O)C(O)C5O)cc4o3)cc2)[nH]1. The number of phenolic OH excluding ortho intramolecular Hbond substituents is 1. The van der Waals surface area contributed by atoms with E-state index >= 15 is 0 Å². The van der Waals surface area contributed by atoms with Crippen molar-refractivity contribution in [2.75, 3.05) is 19.1 Å². The van der Waals surface area contributed by atoms with Crippen LogP contribution in [0, 0.1) is 0 Å². The Bertz CT molecular complexity index is 1670. The number of hydrogen-bond donors (Lipinski definition) is 8. The molecule has 5 atom stereocenters. The topological polar surface area (TPSA) is 247 Å². The van der Waals surface area contributed by atoms with Gasteiger partial charge in [-0.15, -0.1) is 0 Å². The van der Waals surface area contributed by atoms with Crippen LogP contribution in [-0.2, 0) is 16.0 Å². The molecule has 1 saturated heterocycles. The largest absolute Gasteiger partial charge is 0.504 e. The van der Waals surface area contributed by atoms with Crippen LogP contribution in [-0.4, -0.2) is 85.7 Å². The number of carboxylic acid groups (broad SMARTS) is 1. The van der Waals surface area contributed by atoms with Gasteiger partial charge in [-0.2, -0.15) is 0 Å². The van der Waals surface area contributed by atoms with Gasteiger partial charge in [0.15, 0.2) is 29.8 Å². The number of nitrogen functional groups attached to an aromatic ring is 1. The fraction of sp³-hybridized carbons (Fsp3) is 0.286. The zero-order chi connectivity index (χ0) is 30.8. The molecule has 15 nitrogen and oxygen atoms in total. The quantitative estimate of drug-likeness (QED) is 0.114. The molecule has 2 aromatic carbocycles. The van der Waals surface area contributed by atoms with Crippen molar-refractivity contribution in [3.05, 3.63) is 64.4 Å². The molecule has 0 spiro atoms. The van der Waals surface area contributed by atoms with Crippen molar-refractivity contribution in [3.8, 4) is 34.3 Å². The summed E-state index contributed by atoms with van der Waals surface area (Å²) in [5.74, 6) is -2.20. The predicted molar refractivity (Wildman–Crippen MR) is 147 cm³/mol. The van der Waals surface area contributed by atoms with Crippen molar-refractivity contribution in [2.45, 2.75) is 37.1 Å².